The third-order valence-electron chi connectivity index (χ3n) is 1.97. The Bertz CT molecular complexity index is 238. The number of aromatic nitrogens is 1. The summed E-state index contributed by atoms with van der Waals surface area (Å²) < 4.78 is 2.18. The SMILES string of the molecule is Cn1cccc1[C@@H]1NCCS1. The lowest BCUT2D eigenvalue weighted by atomic mass is 10.4. The molecule has 2 nitrogen and oxygen atoms in total. The molecule has 1 atom stereocenters. The molecule has 0 spiro atoms. The highest BCUT2D eigenvalue weighted by Gasteiger charge is 2.17. The summed E-state index contributed by atoms with van der Waals surface area (Å²) >= 11 is 1.98. The molecule has 3 heteroatoms. The predicted octanol–water partition coefficient (Wildman–Crippen LogP) is 1.36. The Labute approximate surface area is 71.0 Å². The van der Waals surface area contributed by atoms with Crippen molar-refractivity contribution in [2.75, 3.05) is 12.3 Å². The van der Waals surface area contributed by atoms with E-state index >= 15 is 0 Å². The highest BCUT2D eigenvalue weighted by molar-refractivity contribution is 7.99. The first-order valence-electron chi connectivity index (χ1n) is 3.84. The van der Waals surface area contributed by atoms with Gasteiger partial charge < -0.3 is 4.57 Å². The van der Waals surface area contributed by atoms with Gasteiger partial charge >= 0.3 is 0 Å². The highest BCUT2D eigenvalue weighted by atomic mass is 32.2. The molecule has 1 N–H and O–H groups in total. The molecule has 0 unspecified atom stereocenters. The van der Waals surface area contributed by atoms with Crippen molar-refractivity contribution in [1.82, 2.24) is 9.88 Å². The molecule has 0 radical (unpaired) electrons. The van der Waals surface area contributed by atoms with Crippen molar-refractivity contribution in [2.45, 2.75) is 5.37 Å². The topological polar surface area (TPSA) is 17.0 Å². The summed E-state index contributed by atoms with van der Waals surface area (Å²) in [6.45, 7) is 1.14. The molecule has 60 valence electrons. The molecule has 0 saturated carbocycles. The van der Waals surface area contributed by atoms with E-state index in [4.69, 9.17) is 0 Å². The van der Waals surface area contributed by atoms with E-state index in [2.05, 4.69) is 35.3 Å². The highest BCUT2D eigenvalue weighted by Crippen LogP contribution is 2.29. The molecule has 11 heavy (non-hydrogen) atoms. The number of hydrogen-bond acceptors (Lipinski definition) is 2. The zero-order valence-electron chi connectivity index (χ0n) is 6.58. The number of nitrogens with zero attached hydrogens (tertiary/aromatic N) is 1. The van der Waals surface area contributed by atoms with Gasteiger partial charge in [-0.3, -0.25) is 5.32 Å². The fraction of sp³-hybridized carbons (Fsp3) is 0.500. The fourth-order valence-electron chi connectivity index (χ4n) is 1.36. The number of thioether (sulfide) groups is 1. The molecular formula is C8H12N2S. The molecule has 0 bridgehead atoms. The molecule has 0 aromatic carbocycles. The summed E-state index contributed by atoms with van der Waals surface area (Å²) in [4.78, 5) is 0. The summed E-state index contributed by atoms with van der Waals surface area (Å²) in [6, 6.07) is 4.27. The normalized spacial score (nSPS) is 24.3. The molecule has 0 aliphatic carbocycles. The first-order valence-corrected chi connectivity index (χ1v) is 4.89. The van der Waals surface area contributed by atoms with Gasteiger partial charge in [0.2, 0.25) is 0 Å². The first kappa shape index (κ1) is 7.25. The molecular weight excluding hydrogens is 156 g/mol. The van der Waals surface area contributed by atoms with Crippen molar-refractivity contribution < 1.29 is 0 Å². The van der Waals surface area contributed by atoms with Crippen molar-refractivity contribution in [1.29, 1.82) is 0 Å². The van der Waals surface area contributed by atoms with E-state index in [1.807, 2.05) is 11.8 Å². The molecule has 1 saturated heterocycles. The Morgan fingerprint density at radius 1 is 1.73 bits per heavy atom. The number of aryl methyl sites for hydroxylation is 1. The van der Waals surface area contributed by atoms with Crippen LogP contribution in [-0.4, -0.2) is 16.9 Å². The maximum Gasteiger partial charge on any atom is 0.0942 e. The molecule has 2 heterocycles. The molecule has 1 aromatic rings. The van der Waals surface area contributed by atoms with Crippen molar-refractivity contribution in [3.63, 3.8) is 0 Å². The zero-order chi connectivity index (χ0) is 7.68. The molecule has 1 aliphatic heterocycles. The van der Waals surface area contributed by atoms with E-state index in [0.29, 0.717) is 5.37 Å². The zero-order valence-corrected chi connectivity index (χ0v) is 7.40. The first-order chi connectivity index (χ1) is 5.38. The average molecular weight is 168 g/mol. The van der Waals surface area contributed by atoms with Crippen LogP contribution in [0.4, 0.5) is 0 Å². The lowest BCUT2D eigenvalue weighted by Gasteiger charge is -2.09. The van der Waals surface area contributed by atoms with Crippen molar-refractivity contribution >= 4 is 11.8 Å². The summed E-state index contributed by atoms with van der Waals surface area (Å²) in [5.74, 6) is 1.23. The lowest BCUT2D eigenvalue weighted by molar-refractivity contribution is 0.695. The van der Waals surface area contributed by atoms with Crippen LogP contribution in [0.2, 0.25) is 0 Å². The van der Waals surface area contributed by atoms with E-state index in [1.54, 1.807) is 0 Å². The van der Waals surface area contributed by atoms with Crippen LogP contribution in [-0.2, 0) is 7.05 Å². The van der Waals surface area contributed by atoms with Gasteiger partial charge in [-0.25, -0.2) is 0 Å². The van der Waals surface area contributed by atoms with Crippen LogP contribution in [0, 0.1) is 0 Å². The van der Waals surface area contributed by atoms with Crippen LogP contribution in [0.25, 0.3) is 0 Å². The summed E-state index contributed by atoms with van der Waals surface area (Å²) in [5, 5.41) is 3.97. The van der Waals surface area contributed by atoms with Crippen molar-refractivity contribution in [3.8, 4) is 0 Å². The van der Waals surface area contributed by atoms with E-state index in [9.17, 15) is 0 Å². The van der Waals surface area contributed by atoms with Crippen LogP contribution in [0.5, 0.6) is 0 Å². The number of rotatable bonds is 1. The van der Waals surface area contributed by atoms with Crippen LogP contribution in [0.15, 0.2) is 18.3 Å². The number of nitrogens with one attached hydrogen (secondary N) is 1. The summed E-state index contributed by atoms with van der Waals surface area (Å²) in [7, 11) is 2.09. The molecule has 1 aliphatic rings. The second-order valence-electron chi connectivity index (χ2n) is 2.75. The van der Waals surface area contributed by atoms with Gasteiger partial charge in [-0.2, -0.15) is 0 Å². The van der Waals surface area contributed by atoms with Gasteiger partial charge in [0.15, 0.2) is 0 Å². The standard InChI is InChI=1S/C8H12N2S/c1-10-5-2-3-7(10)8-9-4-6-11-8/h2-3,5,8-9H,4,6H2,1H3/t8-/m1/s1. The maximum absolute atomic E-state index is 3.44. The smallest absolute Gasteiger partial charge is 0.0942 e. The van der Waals surface area contributed by atoms with Crippen molar-refractivity contribution in [3.05, 3.63) is 24.0 Å². The second-order valence-corrected chi connectivity index (χ2v) is 3.96. The van der Waals surface area contributed by atoms with Crippen LogP contribution in [0.3, 0.4) is 0 Å². The minimum Gasteiger partial charge on any atom is -0.352 e. The lowest BCUT2D eigenvalue weighted by Crippen LogP contribution is -2.14. The Kier molecular flexibility index (Phi) is 1.92. The number of hydrogen-bond donors (Lipinski definition) is 1. The maximum atomic E-state index is 3.44. The molecule has 2 rings (SSSR count). The van der Waals surface area contributed by atoms with Gasteiger partial charge in [0.05, 0.1) is 5.37 Å². The summed E-state index contributed by atoms with van der Waals surface area (Å²) in [6.07, 6.45) is 2.09. The minimum absolute atomic E-state index is 0.523. The van der Waals surface area contributed by atoms with Gasteiger partial charge in [0, 0.05) is 31.2 Å². The Morgan fingerprint density at radius 3 is 3.18 bits per heavy atom. The Balaban J connectivity index is 2.21. The predicted molar refractivity (Wildman–Crippen MR) is 48.6 cm³/mol. The van der Waals surface area contributed by atoms with E-state index in [0.717, 1.165) is 6.54 Å². The minimum atomic E-state index is 0.523. The molecule has 1 aromatic heterocycles. The largest absolute Gasteiger partial charge is 0.352 e. The average Bonchev–Trinajstić information content (AvgIpc) is 2.55. The third-order valence-corrected chi connectivity index (χ3v) is 3.15. The van der Waals surface area contributed by atoms with E-state index in [-0.39, 0.29) is 0 Å². The molecule has 1 fully saturated rings. The second kappa shape index (κ2) is 2.91. The van der Waals surface area contributed by atoms with Gasteiger partial charge in [-0.05, 0) is 12.1 Å². The monoisotopic (exact) mass is 168 g/mol. The van der Waals surface area contributed by atoms with E-state index in [1.165, 1.54) is 11.4 Å². The Hall–Kier alpha value is -0.410. The van der Waals surface area contributed by atoms with E-state index < -0.39 is 0 Å². The van der Waals surface area contributed by atoms with Gasteiger partial charge in [0.25, 0.3) is 0 Å². The van der Waals surface area contributed by atoms with Crippen molar-refractivity contribution in [2.24, 2.45) is 7.05 Å². The quantitative estimate of drug-likeness (QED) is 0.682. The third kappa shape index (κ3) is 1.30. The summed E-state index contributed by atoms with van der Waals surface area (Å²) in [5.41, 5.74) is 1.38. The van der Waals surface area contributed by atoms with Gasteiger partial charge in [-0.15, -0.1) is 11.8 Å². The Morgan fingerprint density at radius 2 is 2.64 bits per heavy atom. The van der Waals surface area contributed by atoms with Crippen LogP contribution < -0.4 is 5.32 Å². The van der Waals surface area contributed by atoms with Gasteiger partial charge in [-0.1, -0.05) is 0 Å². The van der Waals surface area contributed by atoms with Gasteiger partial charge in [0.1, 0.15) is 0 Å². The van der Waals surface area contributed by atoms with Crippen LogP contribution in [0.1, 0.15) is 11.1 Å². The molecule has 0 amide bonds. The fourth-order valence-corrected chi connectivity index (χ4v) is 2.49. The van der Waals surface area contributed by atoms with Crippen LogP contribution >= 0.6 is 11.8 Å².